The highest BCUT2D eigenvalue weighted by atomic mass is 32.2. The van der Waals surface area contributed by atoms with Gasteiger partial charge >= 0.3 is 5.97 Å². The van der Waals surface area contributed by atoms with Crippen molar-refractivity contribution < 1.29 is 18.3 Å². The average Bonchev–Trinajstić information content (AvgIpc) is 2.85. The van der Waals surface area contributed by atoms with Crippen LogP contribution >= 0.6 is 0 Å². The Morgan fingerprint density at radius 1 is 0.853 bits per heavy atom. The van der Waals surface area contributed by atoms with E-state index in [1.165, 1.54) is 15.4 Å². The highest BCUT2D eigenvalue weighted by molar-refractivity contribution is 7.89. The third kappa shape index (κ3) is 5.28. The molecule has 0 aromatic heterocycles. The molecule has 0 bridgehead atoms. The lowest BCUT2D eigenvalue weighted by molar-refractivity contribution is -0.131. The lowest BCUT2D eigenvalue weighted by Gasteiger charge is -2.39. The van der Waals surface area contributed by atoms with E-state index in [2.05, 4.69) is 29.2 Å². The summed E-state index contributed by atoms with van der Waals surface area (Å²) in [5.41, 5.74) is 3.44. The van der Waals surface area contributed by atoms with Crippen molar-refractivity contribution in [2.24, 2.45) is 0 Å². The quantitative estimate of drug-likeness (QED) is 0.516. The summed E-state index contributed by atoms with van der Waals surface area (Å²) in [6, 6.07) is 27.1. The van der Waals surface area contributed by atoms with E-state index in [1.54, 1.807) is 31.2 Å². The second kappa shape index (κ2) is 10.3. The molecule has 7 heteroatoms. The summed E-state index contributed by atoms with van der Waals surface area (Å²) < 4.78 is 28.3. The average molecular weight is 477 g/mol. The molecule has 4 rings (SSSR count). The molecule has 0 spiro atoms. The van der Waals surface area contributed by atoms with Gasteiger partial charge in [0.05, 0.1) is 10.9 Å². The Morgan fingerprint density at radius 2 is 1.41 bits per heavy atom. The number of carboxylic acids is 1. The second-order valence-electron chi connectivity index (χ2n) is 8.36. The number of piperazine rings is 1. The first-order valence-corrected chi connectivity index (χ1v) is 12.7. The molecule has 1 saturated heterocycles. The van der Waals surface area contributed by atoms with E-state index in [0.717, 1.165) is 6.08 Å². The van der Waals surface area contributed by atoms with Gasteiger partial charge in [-0.3, -0.25) is 4.90 Å². The van der Waals surface area contributed by atoms with E-state index in [0.29, 0.717) is 37.3 Å². The van der Waals surface area contributed by atoms with Crippen molar-refractivity contribution in [3.8, 4) is 0 Å². The van der Waals surface area contributed by atoms with Gasteiger partial charge in [0.1, 0.15) is 0 Å². The Morgan fingerprint density at radius 3 is 1.94 bits per heavy atom. The fourth-order valence-electron chi connectivity index (χ4n) is 4.41. The highest BCUT2D eigenvalue weighted by Crippen LogP contribution is 2.30. The summed E-state index contributed by atoms with van der Waals surface area (Å²) in [6.45, 7) is 3.63. The van der Waals surface area contributed by atoms with E-state index in [1.807, 2.05) is 36.4 Å². The summed E-state index contributed by atoms with van der Waals surface area (Å²) in [7, 11) is -3.69. The zero-order valence-corrected chi connectivity index (χ0v) is 19.9. The van der Waals surface area contributed by atoms with Crippen LogP contribution in [-0.4, -0.2) is 54.9 Å². The minimum atomic E-state index is -3.69. The van der Waals surface area contributed by atoms with Crippen LogP contribution in [0.15, 0.2) is 95.9 Å². The molecule has 0 amide bonds. The van der Waals surface area contributed by atoms with Gasteiger partial charge in [-0.15, -0.1) is 0 Å². The van der Waals surface area contributed by atoms with Crippen LogP contribution in [0.5, 0.6) is 0 Å². The maximum Gasteiger partial charge on any atom is 0.328 e. The third-order valence-corrected chi connectivity index (χ3v) is 8.03. The number of hydrogen-bond acceptors (Lipinski definition) is 4. The summed E-state index contributed by atoms with van der Waals surface area (Å²) in [4.78, 5) is 13.5. The lowest BCUT2D eigenvalue weighted by atomic mass is 9.96. The van der Waals surface area contributed by atoms with Crippen LogP contribution in [-0.2, 0) is 14.8 Å². The van der Waals surface area contributed by atoms with Gasteiger partial charge in [-0.1, -0.05) is 72.8 Å². The summed E-state index contributed by atoms with van der Waals surface area (Å²) in [6.07, 6.45) is 1.08. The molecular weight excluding hydrogens is 448 g/mol. The van der Waals surface area contributed by atoms with Crippen molar-refractivity contribution in [1.82, 2.24) is 9.21 Å². The van der Waals surface area contributed by atoms with Crippen LogP contribution in [0.3, 0.4) is 0 Å². The van der Waals surface area contributed by atoms with Crippen LogP contribution in [0.25, 0.3) is 5.57 Å². The predicted octanol–water partition coefficient (Wildman–Crippen LogP) is 4.27. The Bertz CT molecular complexity index is 1230. The standard InChI is InChI=1S/C27H28N2O4S/c1-21(19-26(30)31)24-13-8-14-25(20-24)34(32,33)29-17-15-28(16-18-29)27(22-9-4-2-5-10-22)23-11-6-3-7-12-23/h2-14,19-20,27H,15-18H2,1H3,(H,30,31)/b21-19+. The molecule has 1 heterocycles. The Kier molecular flexibility index (Phi) is 7.26. The molecule has 3 aromatic carbocycles. The monoisotopic (exact) mass is 476 g/mol. The van der Waals surface area contributed by atoms with Crippen LogP contribution in [0, 0.1) is 0 Å². The molecule has 1 fully saturated rings. The number of carboxylic acid groups (broad SMARTS) is 1. The van der Waals surface area contributed by atoms with Crippen LogP contribution in [0.2, 0.25) is 0 Å². The Labute approximate surface area is 200 Å². The molecule has 0 atom stereocenters. The topological polar surface area (TPSA) is 77.9 Å². The van der Waals surface area contributed by atoms with E-state index in [4.69, 9.17) is 5.11 Å². The summed E-state index contributed by atoms with van der Waals surface area (Å²) in [5.74, 6) is -1.06. The largest absolute Gasteiger partial charge is 0.478 e. The van der Waals surface area contributed by atoms with Crippen LogP contribution in [0.1, 0.15) is 29.7 Å². The van der Waals surface area contributed by atoms with Gasteiger partial charge in [-0.2, -0.15) is 4.31 Å². The first-order valence-electron chi connectivity index (χ1n) is 11.2. The smallest absolute Gasteiger partial charge is 0.328 e. The molecule has 6 nitrogen and oxygen atoms in total. The zero-order valence-electron chi connectivity index (χ0n) is 19.0. The molecule has 0 radical (unpaired) electrons. The minimum Gasteiger partial charge on any atom is -0.478 e. The number of benzene rings is 3. The lowest BCUT2D eigenvalue weighted by Crippen LogP contribution is -2.49. The molecule has 1 aliphatic heterocycles. The second-order valence-corrected chi connectivity index (χ2v) is 10.3. The molecular formula is C27H28N2O4S. The van der Waals surface area contributed by atoms with Gasteiger partial charge in [0.25, 0.3) is 0 Å². The predicted molar refractivity (Wildman–Crippen MR) is 133 cm³/mol. The van der Waals surface area contributed by atoms with Crippen molar-refractivity contribution in [3.05, 3.63) is 108 Å². The molecule has 1 N–H and O–H groups in total. The van der Waals surface area contributed by atoms with E-state index >= 15 is 0 Å². The minimum absolute atomic E-state index is 0.0550. The van der Waals surface area contributed by atoms with Gasteiger partial charge in [0.15, 0.2) is 0 Å². The fourth-order valence-corrected chi connectivity index (χ4v) is 5.87. The Balaban J connectivity index is 1.54. The SMILES string of the molecule is C/C(=C\C(=O)O)c1cccc(S(=O)(=O)N2CCN(C(c3ccccc3)c3ccccc3)CC2)c1. The fraction of sp³-hybridized carbons (Fsp3) is 0.222. The molecule has 0 saturated carbocycles. The van der Waals surface area contributed by atoms with Crippen molar-refractivity contribution in [3.63, 3.8) is 0 Å². The number of rotatable bonds is 7. The van der Waals surface area contributed by atoms with Gasteiger partial charge in [-0.25, -0.2) is 13.2 Å². The zero-order chi connectivity index (χ0) is 24.1. The van der Waals surface area contributed by atoms with Crippen molar-refractivity contribution in [2.45, 2.75) is 17.9 Å². The maximum absolute atomic E-state index is 13.4. The number of aliphatic carboxylic acids is 1. The van der Waals surface area contributed by atoms with Crippen molar-refractivity contribution >= 4 is 21.6 Å². The molecule has 176 valence electrons. The normalized spacial score (nSPS) is 16.0. The first kappa shape index (κ1) is 23.9. The molecule has 0 unspecified atom stereocenters. The Hall–Kier alpha value is -3.26. The first-order chi connectivity index (χ1) is 16.4. The summed E-state index contributed by atoms with van der Waals surface area (Å²) in [5, 5.41) is 9.01. The molecule has 1 aliphatic rings. The number of carbonyl (C=O) groups is 1. The number of sulfonamides is 1. The number of allylic oxidation sites excluding steroid dienone is 1. The van der Waals surface area contributed by atoms with Crippen molar-refractivity contribution in [1.29, 1.82) is 0 Å². The summed E-state index contributed by atoms with van der Waals surface area (Å²) >= 11 is 0. The van der Waals surface area contributed by atoms with Crippen LogP contribution < -0.4 is 0 Å². The van der Waals surface area contributed by atoms with Gasteiger partial charge in [0.2, 0.25) is 10.0 Å². The van der Waals surface area contributed by atoms with E-state index in [9.17, 15) is 13.2 Å². The molecule has 3 aromatic rings. The van der Waals surface area contributed by atoms with Gasteiger partial charge < -0.3 is 5.11 Å². The molecule has 0 aliphatic carbocycles. The van der Waals surface area contributed by atoms with E-state index in [-0.39, 0.29) is 10.9 Å². The van der Waals surface area contributed by atoms with Crippen molar-refractivity contribution in [2.75, 3.05) is 26.2 Å². The van der Waals surface area contributed by atoms with Gasteiger partial charge in [-0.05, 0) is 41.3 Å². The number of hydrogen-bond donors (Lipinski definition) is 1. The highest BCUT2D eigenvalue weighted by Gasteiger charge is 2.32. The number of nitrogens with zero attached hydrogens (tertiary/aromatic N) is 2. The van der Waals surface area contributed by atoms with E-state index < -0.39 is 16.0 Å². The van der Waals surface area contributed by atoms with Crippen LogP contribution in [0.4, 0.5) is 0 Å². The van der Waals surface area contributed by atoms with Gasteiger partial charge in [0, 0.05) is 32.3 Å². The maximum atomic E-state index is 13.4. The third-order valence-electron chi connectivity index (χ3n) is 6.14. The molecule has 34 heavy (non-hydrogen) atoms.